The Morgan fingerprint density at radius 2 is 0.600 bits per heavy atom. The third-order valence-electron chi connectivity index (χ3n) is 14.5. The molecule has 0 spiro atoms. The molecule has 0 fully saturated rings. The summed E-state index contributed by atoms with van der Waals surface area (Å²) in [6.45, 7) is 7.89. The van der Waals surface area contributed by atoms with Crippen molar-refractivity contribution >= 4 is 11.9 Å². The van der Waals surface area contributed by atoms with Crippen molar-refractivity contribution in [2.24, 2.45) is 0 Å². The fraction of sp³-hybridized carbons (Fsp3) is 0.908. The second-order valence-electron chi connectivity index (χ2n) is 21.7. The summed E-state index contributed by atoms with van der Waals surface area (Å²) in [6, 6.07) is 0. The van der Waals surface area contributed by atoms with E-state index in [-0.39, 0.29) is 18.5 Å². The molecular weight excluding hydrogens is 861 g/mol. The number of allylic oxidation sites excluding steroid dienone is 4. The van der Waals surface area contributed by atoms with Crippen LogP contribution in [0.1, 0.15) is 355 Å². The van der Waals surface area contributed by atoms with Crippen LogP contribution in [0.5, 0.6) is 0 Å². The van der Waals surface area contributed by atoms with E-state index in [1.165, 1.54) is 276 Å². The predicted molar refractivity (Wildman–Crippen MR) is 307 cm³/mol. The van der Waals surface area contributed by atoms with E-state index in [4.69, 9.17) is 14.2 Å². The van der Waals surface area contributed by atoms with Gasteiger partial charge in [0, 0.05) is 19.4 Å². The van der Waals surface area contributed by atoms with Gasteiger partial charge in [0.25, 0.3) is 0 Å². The molecule has 0 aromatic carbocycles. The number of carbonyl (C=O) groups excluding carboxylic acids is 2. The highest BCUT2D eigenvalue weighted by molar-refractivity contribution is 5.70. The van der Waals surface area contributed by atoms with E-state index >= 15 is 0 Å². The van der Waals surface area contributed by atoms with Gasteiger partial charge in [-0.15, -0.1) is 0 Å². The largest absolute Gasteiger partial charge is 0.462 e. The molecule has 0 saturated carbocycles. The molecule has 0 aromatic heterocycles. The van der Waals surface area contributed by atoms with Crippen molar-refractivity contribution in [2.75, 3.05) is 19.8 Å². The minimum Gasteiger partial charge on any atom is -0.462 e. The average Bonchev–Trinajstić information content (AvgIpc) is 3.36. The van der Waals surface area contributed by atoms with Gasteiger partial charge in [-0.3, -0.25) is 9.59 Å². The molecule has 1 atom stereocenters. The summed E-state index contributed by atoms with van der Waals surface area (Å²) in [5.41, 5.74) is 0. The first-order valence-corrected chi connectivity index (χ1v) is 31.9. The Morgan fingerprint density at radius 3 is 0.971 bits per heavy atom. The number of unbranched alkanes of at least 4 members (excludes halogenated alkanes) is 45. The highest BCUT2D eigenvalue weighted by Gasteiger charge is 2.18. The van der Waals surface area contributed by atoms with Crippen LogP contribution in [0.4, 0.5) is 0 Å². The van der Waals surface area contributed by atoms with Gasteiger partial charge < -0.3 is 14.2 Å². The summed E-state index contributed by atoms with van der Waals surface area (Å²) in [5.74, 6) is -0.378. The van der Waals surface area contributed by atoms with Crippen molar-refractivity contribution in [3.05, 3.63) is 24.3 Å². The van der Waals surface area contributed by atoms with Crippen molar-refractivity contribution in [3.8, 4) is 0 Å². The second-order valence-corrected chi connectivity index (χ2v) is 21.7. The highest BCUT2D eigenvalue weighted by atomic mass is 16.6. The lowest BCUT2D eigenvalue weighted by Crippen LogP contribution is -2.30. The minimum atomic E-state index is -0.534. The van der Waals surface area contributed by atoms with E-state index in [1.807, 2.05) is 0 Å². The van der Waals surface area contributed by atoms with Gasteiger partial charge in [0.2, 0.25) is 0 Å². The Labute approximate surface area is 438 Å². The van der Waals surface area contributed by atoms with Gasteiger partial charge >= 0.3 is 11.9 Å². The number of ether oxygens (including phenoxy) is 3. The van der Waals surface area contributed by atoms with Gasteiger partial charge in [-0.05, 0) is 51.4 Å². The quantitative estimate of drug-likeness (QED) is 0.0345. The number of rotatable bonds is 60. The summed E-state index contributed by atoms with van der Waals surface area (Å²) >= 11 is 0. The zero-order valence-electron chi connectivity index (χ0n) is 47.8. The lowest BCUT2D eigenvalue weighted by atomic mass is 10.0. The molecule has 5 nitrogen and oxygen atoms in total. The van der Waals surface area contributed by atoms with E-state index in [2.05, 4.69) is 45.1 Å². The van der Waals surface area contributed by atoms with Crippen molar-refractivity contribution in [1.82, 2.24) is 0 Å². The Kier molecular flexibility index (Phi) is 60.3. The molecule has 0 aliphatic carbocycles. The zero-order chi connectivity index (χ0) is 50.6. The van der Waals surface area contributed by atoms with Crippen LogP contribution in [-0.4, -0.2) is 37.9 Å². The topological polar surface area (TPSA) is 61.8 Å². The number of hydrogen-bond donors (Lipinski definition) is 0. The van der Waals surface area contributed by atoms with Crippen LogP contribution in [0.15, 0.2) is 24.3 Å². The monoisotopic (exact) mass is 985 g/mol. The highest BCUT2D eigenvalue weighted by Crippen LogP contribution is 2.18. The molecule has 414 valence electrons. The number of carbonyl (C=O) groups is 2. The molecule has 0 radical (unpaired) electrons. The van der Waals surface area contributed by atoms with Gasteiger partial charge in [-0.1, -0.05) is 315 Å². The maximum Gasteiger partial charge on any atom is 0.306 e. The summed E-state index contributed by atoms with van der Waals surface area (Å²) in [4.78, 5) is 25.6. The normalized spacial score (nSPS) is 12.2. The molecule has 0 rings (SSSR count). The van der Waals surface area contributed by atoms with E-state index in [1.54, 1.807) is 0 Å². The maximum atomic E-state index is 12.9. The fourth-order valence-electron chi connectivity index (χ4n) is 9.72. The first-order valence-electron chi connectivity index (χ1n) is 31.9. The standard InChI is InChI=1S/C65H124O5/c1-4-7-10-13-16-19-22-25-28-31-32-33-34-36-37-40-43-46-49-52-55-58-64(66)69-62-63(61-68-60-57-54-51-48-45-42-39-30-27-24-21-18-15-12-9-6-3)70-65(67)59-56-53-50-47-44-41-38-35-29-26-23-20-17-14-11-8-5-2/h17,20,26,29,63H,4-16,18-19,21-25,27-28,30-62H2,1-3H3/b20-17-,29-26-/t63-/m1/s1. The number of hydrogen-bond acceptors (Lipinski definition) is 5. The molecule has 0 amide bonds. The van der Waals surface area contributed by atoms with E-state index in [0.29, 0.717) is 26.1 Å². The molecule has 0 aromatic rings. The maximum absolute atomic E-state index is 12.9. The van der Waals surface area contributed by atoms with Crippen LogP contribution in [-0.2, 0) is 23.8 Å². The number of esters is 2. The summed E-state index contributed by atoms with van der Waals surface area (Å²) in [7, 11) is 0. The van der Waals surface area contributed by atoms with Crippen molar-refractivity contribution in [3.63, 3.8) is 0 Å². The Hall–Kier alpha value is -1.62. The fourth-order valence-corrected chi connectivity index (χ4v) is 9.72. The molecule has 0 aliphatic rings. The van der Waals surface area contributed by atoms with E-state index in [9.17, 15) is 9.59 Å². The van der Waals surface area contributed by atoms with E-state index in [0.717, 1.165) is 44.9 Å². The van der Waals surface area contributed by atoms with Crippen LogP contribution in [0.25, 0.3) is 0 Å². The Balaban J connectivity index is 4.19. The second kappa shape index (κ2) is 61.7. The van der Waals surface area contributed by atoms with Crippen molar-refractivity contribution in [2.45, 2.75) is 361 Å². The third-order valence-corrected chi connectivity index (χ3v) is 14.5. The van der Waals surface area contributed by atoms with Gasteiger partial charge in [0.1, 0.15) is 6.61 Å². The first-order chi connectivity index (χ1) is 34.6. The lowest BCUT2D eigenvalue weighted by Gasteiger charge is -2.18. The SMILES string of the molecule is CCCCC/C=C\C/C=C\CCCCCCCCCC(=O)O[C@H](COCCCCCCCCCCCCCCCCCC)COC(=O)CCCCCCCCCCCCCCCCCCCCCCC. The van der Waals surface area contributed by atoms with E-state index < -0.39 is 6.10 Å². The lowest BCUT2D eigenvalue weighted by molar-refractivity contribution is -0.163. The molecule has 0 heterocycles. The van der Waals surface area contributed by atoms with Crippen molar-refractivity contribution in [1.29, 1.82) is 0 Å². The molecular formula is C65H124O5. The predicted octanol–water partition coefficient (Wildman–Crippen LogP) is 21.9. The van der Waals surface area contributed by atoms with Crippen molar-refractivity contribution < 1.29 is 23.8 Å². The Bertz CT molecular complexity index is 1070. The van der Waals surface area contributed by atoms with Gasteiger partial charge in [0.05, 0.1) is 6.61 Å². The minimum absolute atomic E-state index is 0.0910. The summed E-state index contributed by atoms with van der Waals surface area (Å²) in [5, 5.41) is 0. The summed E-state index contributed by atoms with van der Waals surface area (Å²) in [6.07, 6.45) is 75.0. The average molecular weight is 986 g/mol. The molecule has 0 bridgehead atoms. The van der Waals surface area contributed by atoms with Crippen LogP contribution in [0, 0.1) is 0 Å². The molecule has 0 aliphatic heterocycles. The molecule has 70 heavy (non-hydrogen) atoms. The van der Waals surface area contributed by atoms with Crippen LogP contribution >= 0.6 is 0 Å². The van der Waals surface area contributed by atoms with Gasteiger partial charge in [-0.25, -0.2) is 0 Å². The first kappa shape index (κ1) is 68.4. The molecule has 0 unspecified atom stereocenters. The third kappa shape index (κ3) is 58.9. The van der Waals surface area contributed by atoms with Crippen LogP contribution in [0.2, 0.25) is 0 Å². The summed E-state index contributed by atoms with van der Waals surface area (Å²) < 4.78 is 17.6. The zero-order valence-corrected chi connectivity index (χ0v) is 47.8. The van der Waals surface area contributed by atoms with Crippen LogP contribution in [0.3, 0.4) is 0 Å². The molecule has 5 heteroatoms. The molecule has 0 N–H and O–H groups in total. The molecule has 0 saturated heterocycles. The smallest absolute Gasteiger partial charge is 0.306 e. The van der Waals surface area contributed by atoms with Crippen LogP contribution < -0.4 is 0 Å². The Morgan fingerprint density at radius 1 is 0.314 bits per heavy atom. The van der Waals surface area contributed by atoms with Gasteiger partial charge in [0.15, 0.2) is 6.10 Å². The van der Waals surface area contributed by atoms with Gasteiger partial charge in [-0.2, -0.15) is 0 Å².